The van der Waals surface area contributed by atoms with Crippen molar-refractivity contribution in [3.8, 4) is 0 Å². The van der Waals surface area contributed by atoms with Gasteiger partial charge in [0, 0.05) is 35.8 Å². The summed E-state index contributed by atoms with van der Waals surface area (Å²) in [6.45, 7) is 23.9. The van der Waals surface area contributed by atoms with Gasteiger partial charge in [-0.1, -0.05) is 66.5 Å². The number of hydrogen-bond acceptors (Lipinski definition) is 2. The summed E-state index contributed by atoms with van der Waals surface area (Å²) in [7, 11) is 0. The second-order valence-corrected chi connectivity index (χ2v) is 12.3. The van der Waals surface area contributed by atoms with Gasteiger partial charge in [0.2, 0.25) is 0 Å². The van der Waals surface area contributed by atoms with Gasteiger partial charge in [0.15, 0.2) is 0 Å². The van der Waals surface area contributed by atoms with E-state index in [1.807, 2.05) is 0 Å². The molecule has 0 radical (unpaired) electrons. The minimum Gasteiger partial charge on any atom is -0.366 e. The number of nitrogens with one attached hydrogen (secondary N) is 1. The summed E-state index contributed by atoms with van der Waals surface area (Å²) < 4.78 is 0. The van der Waals surface area contributed by atoms with E-state index in [1.165, 1.54) is 36.9 Å². The van der Waals surface area contributed by atoms with Gasteiger partial charge in [-0.3, -0.25) is 0 Å². The van der Waals surface area contributed by atoms with E-state index >= 15 is 0 Å². The Morgan fingerprint density at radius 3 is 2.00 bits per heavy atom. The van der Waals surface area contributed by atoms with Crippen LogP contribution in [0.2, 0.25) is 0 Å². The monoisotopic (exact) mass is 384 g/mol. The van der Waals surface area contributed by atoms with Crippen LogP contribution in [0.15, 0.2) is 18.2 Å². The van der Waals surface area contributed by atoms with E-state index in [9.17, 15) is 0 Å². The average molecular weight is 385 g/mol. The standard InChI is InChI=1S/C26H44N2/c1-23(2,3)26(24(4,5)6)18-28(25(7,8)9)21-16-12-13-19(22(21)26)17-27-20-14-10-11-15-20/h12-13,16,20,27H,10-11,14-15,17-18H2,1-9H3. The number of rotatable bonds is 3. The molecule has 1 aromatic rings. The van der Waals surface area contributed by atoms with Gasteiger partial charge in [0.1, 0.15) is 0 Å². The van der Waals surface area contributed by atoms with Crippen molar-refractivity contribution in [2.45, 2.75) is 112 Å². The van der Waals surface area contributed by atoms with Crippen LogP contribution in [0.1, 0.15) is 99.1 Å². The van der Waals surface area contributed by atoms with Crippen LogP contribution in [0.4, 0.5) is 5.69 Å². The topological polar surface area (TPSA) is 15.3 Å². The molecule has 1 heterocycles. The van der Waals surface area contributed by atoms with E-state index < -0.39 is 0 Å². The largest absolute Gasteiger partial charge is 0.366 e. The maximum atomic E-state index is 3.90. The third-order valence-electron chi connectivity index (χ3n) is 7.55. The summed E-state index contributed by atoms with van der Waals surface area (Å²) in [4.78, 5) is 2.68. The summed E-state index contributed by atoms with van der Waals surface area (Å²) >= 11 is 0. The summed E-state index contributed by atoms with van der Waals surface area (Å²) in [6, 6.07) is 7.75. The number of fused-ring (bicyclic) bond motifs is 1. The number of hydrogen-bond donors (Lipinski definition) is 1. The summed E-state index contributed by atoms with van der Waals surface area (Å²) in [5.41, 5.74) is 5.15. The molecule has 0 atom stereocenters. The fraction of sp³-hybridized carbons (Fsp3) is 0.769. The Balaban J connectivity index is 2.15. The molecule has 158 valence electrons. The van der Waals surface area contributed by atoms with Crippen LogP contribution in [0.25, 0.3) is 0 Å². The lowest BCUT2D eigenvalue weighted by Gasteiger charge is -2.53. The quantitative estimate of drug-likeness (QED) is 0.626. The van der Waals surface area contributed by atoms with Crippen molar-refractivity contribution in [3.63, 3.8) is 0 Å². The zero-order valence-electron chi connectivity index (χ0n) is 20.0. The number of nitrogens with zero attached hydrogens (tertiary/aromatic N) is 1. The van der Waals surface area contributed by atoms with E-state index in [-0.39, 0.29) is 21.8 Å². The molecule has 1 aliphatic heterocycles. The fourth-order valence-corrected chi connectivity index (χ4v) is 6.19. The van der Waals surface area contributed by atoms with Crippen LogP contribution in [0.5, 0.6) is 0 Å². The van der Waals surface area contributed by atoms with E-state index in [4.69, 9.17) is 0 Å². The SMILES string of the molecule is CC(C)(C)N1CC(C(C)(C)C)(C(C)(C)C)c2c(CNC3CCCC3)cccc21. The molecule has 2 heteroatoms. The number of benzene rings is 1. The summed E-state index contributed by atoms with van der Waals surface area (Å²) in [6.07, 6.45) is 5.45. The molecular formula is C26H44N2. The molecule has 0 saturated heterocycles. The zero-order valence-corrected chi connectivity index (χ0v) is 20.0. The zero-order chi connectivity index (χ0) is 21.0. The van der Waals surface area contributed by atoms with Gasteiger partial charge in [-0.05, 0) is 61.6 Å². The molecule has 2 aliphatic rings. The Hall–Kier alpha value is -1.02. The third-order valence-corrected chi connectivity index (χ3v) is 7.55. The molecule has 1 saturated carbocycles. The van der Waals surface area contributed by atoms with Crippen LogP contribution in [0, 0.1) is 10.8 Å². The van der Waals surface area contributed by atoms with Crippen molar-refractivity contribution >= 4 is 5.69 Å². The van der Waals surface area contributed by atoms with E-state index in [1.54, 1.807) is 5.56 Å². The average Bonchev–Trinajstić information content (AvgIpc) is 3.17. The first-order valence-corrected chi connectivity index (χ1v) is 11.4. The molecule has 0 aromatic heterocycles. The minimum atomic E-state index is 0.108. The molecule has 1 fully saturated rings. The molecule has 1 aromatic carbocycles. The molecule has 1 aliphatic carbocycles. The number of anilines is 1. The second-order valence-electron chi connectivity index (χ2n) is 12.3. The third kappa shape index (κ3) is 3.51. The van der Waals surface area contributed by atoms with Crippen molar-refractivity contribution < 1.29 is 0 Å². The molecule has 28 heavy (non-hydrogen) atoms. The molecule has 0 bridgehead atoms. The Bertz CT molecular complexity index is 677. The lowest BCUT2D eigenvalue weighted by atomic mass is 9.51. The van der Waals surface area contributed by atoms with Crippen molar-refractivity contribution in [2.75, 3.05) is 11.4 Å². The fourth-order valence-electron chi connectivity index (χ4n) is 6.19. The van der Waals surface area contributed by atoms with Crippen LogP contribution >= 0.6 is 0 Å². The Morgan fingerprint density at radius 2 is 1.50 bits per heavy atom. The first kappa shape index (κ1) is 21.7. The van der Waals surface area contributed by atoms with Crippen LogP contribution < -0.4 is 10.2 Å². The van der Waals surface area contributed by atoms with Gasteiger partial charge < -0.3 is 10.2 Å². The predicted octanol–water partition coefficient (Wildman–Crippen LogP) is 6.67. The highest BCUT2D eigenvalue weighted by Gasteiger charge is 2.58. The summed E-state index contributed by atoms with van der Waals surface area (Å²) in [5.74, 6) is 0. The Labute approximate surface area is 174 Å². The molecule has 0 unspecified atom stereocenters. The smallest absolute Gasteiger partial charge is 0.0413 e. The van der Waals surface area contributed by atoms with Gasteiger partial charge in [-0.2, -0.15) is 0 Å². The minimum absolute atomic E-state index is 0.108. The molecule has 3 rings (SSSR count). The van der Waals surface area contributed by atoms with Crippen molar-refractivity contribution in [1.82, 2.24) is 5.32 Å². The van der Waals surface area contributed by atoms with Gasteiger partial charge in [-0.25, -0.2) is 0 Å². The molecule has 0 spiro atoms. The van der Waals surface area contributed by atoms with E-state index in [2.05, 4.69) is 90.7 Å². The first-order chi connectivity index (χ1) is 12.8. The molecular weight excluding hydrogens is 340 g/mol. The highest BCUT2D eigenvalue weighted by Crippen LogP contribution is 2.61. The molecule has 2 nitrogen and oxygen atoms in total. The normalized spacial score (nSPS) is 20.7. The van der Waals surface area contributed by atoms with Gasteiger partial charge >= 0.3 is 0 Å². The van der Waals surface area contributed by atoms with Gasteiger partial charge in [0.25, 0.3) is 0 Å². The molecule has 1 N–H and O–H groups in total. The maximum absolute atomic E-state index is 3.90. The van der Waals surface area contributed by atoms with Crippen LogP contribution in [0.3, 0.4) is 0 Å². The second kappa shape index (κ2) is 7.04. The van der Waals surface area contributed by atoms with Crippen molar-refractivity contribution in [1.29, 1.82) is 0 Å². The Kier molecular flexibility index (Phi) is 5.45. The van der Waals surface area contributed by atoms with Crippen LogP contribution in [-0.2, 0) is 12.0 Å². The predicted molar refractivity (Wildman–Crippen MR) is 123 cm³/mol. The molecule has 0 amide bonds. The maximum Gasteiger partial charge on any atom is 0.0413 e. The lowest BCUT2D eigenvalue weighted by Crippen LogP contribution is -2.55. The highest BCUT2D eigenvalue weighted by atomic mass is 15.2. The first-order valence-electron chi connectivity index (χ1n) is 11.4. The Morgan fingerprint density at radius 1 is 0.929 bits per heavy atom. The van der Waals surface area contributed by atoms with Gasteiger partial charge in [0.05, 0.1) is 0 Å². The van der Waals surface area contributed by atoms with E-state index in [0.29, 0.717) is 6.04 Å². The van der Waals surface area contributed by atoms with Crippen molar-refractivity contribution in [3.05, 3.63) is 29.3 Å². The van der Waals surface area contributed by atoms with E-state index in [0.717, 1.165) is 13.1 Å². The highest BCUT2D eigenvalue weighted by molar-refractivity contribution is 5.68. The summed E-state index contributed by atoms with van der Waals surface area (Å²) in [5, 5.41) is 3.90. The lowest BCUT2D eigenvalue weighted by molar-refractivity contribution is 0.0627. The van der Waals surface area contributed by atoms with Crippen LogP contribution in [-0.4, -0.2) is 18.1 Å². The van der Waals surface area contributed by atoms with Crippen molar-refractivity contribution in [2.24, 2.45) is 10.8 Å². The van der Waals surface area contributed by atoms with Gasteiger partial charge in [-0.15, -0.1) is 0 Å².